The molecule has 1 aliphatic rings. The molecule has 0 saturated carbocycles. The van der Waals surface area contributed by atoms with Gasteiger partial charge in [0.25, 0.3) is 5.91 Å². The van der Waals surface area contributed by atoms with Gasteiger partial charge in [-0.15, -0.1) is 0 Å². The summed E-state index contributed by atoms with van der Waals surface area (Å²) in [4.78, 5) is 14.4. The van der Waals surface area contributed by atoms with Crippen molar-refractivity contribution in [2.45, 2.75) is 39.5 Å². The molecule has 2 rings (SSSR count). The van der Waals surface area contributed by atoms with Crippen molar-refractivity contribution in [1.29, 1.82) is 0 Å². The monoisotopic (exact) mass is 264 g/mol. The van der Waals surface area contributed by atoms with Crippen LogP contribution in [0.3, 0.4) is 0 Å². The number of hydrogen-bond donors (Lipinski definition) is 1. The van der Waals surface area contributed by atoms with E-state index >= 15 is 0 Å². The number of furan rings is 1. The summed E-state index contributed by atoms with van der Waals surface area (Å²) in [6.07, 6.45) is 4.88. The van der Waals surface area contributed by atoms with Crippen molar-refractivity contribution in [3.8, 4) is 0 Å². The van der Waals surface area contributed by atoms with Gasteiger partial charge >= 0.3 is 0 Å². The predicted molar refractivity (Wildman–Crippen MR) is 75.4 cm³/mol. The minimum atomic E-state index is -0.0180. The van der Waals surface area contributed by atoms with E-state index in [2.05, 4.69) is 10.2 Å². The molecular formula is C15H24N2O2. The summed E-state index contributed by atoms with van der Waals surface area (Å²) < 4.78 is 5.36. The average Bonchev–Trinajstić information content (AvgIpc) is 2.98. The Hall–Kier alpha value is -1.29. The molecule has 19 heavy (non-hydrogen) atoms. The van der Waals surface area contributed by atoms with Crippen molar-refractivity contribution in [1.82, 2.24) is 10.2 Å². The summed E-state index contributed by atoms with van der Waals surface area (Å²) in [6, 6.07) is 1.80. The molecule has 1 aromatic rings. The molecule has 1 saturated heterocycles. The molecule has 1 amide bonds. The van der Waals surface area contributed by atoms with Crippen LogP contribution in [0.1, 0.15) is 47.6 Å². The minimum Gasteiger partial charge on any atom is -0.466 e. The van der Waals surface area contributed by atoms with Gasteiger partial charge in [0.1, 0.15) is 11.5 Å². The third-order valence-electron chi connectivity index (χ3n) is 3.67. The van der Waals surface area contributed by atoms with Crippen LogP contribution < -0.4 is 5.32 Å². The van der Waals surface area contributed by atoms with E-state index < -0.39 is 0 Å². The van der Waals surface area contributed by atoms with Crippen molar-refractivity contribution < 1.29 is 9.21 Å². The fraction of sp³-hybridized carbons (Fsp3) is 0.667. The molecule has 1 N–H and O–H groups in total. The first-order valence-corrected chi connectivity index (χ1v) is 7.24. The van der Waals surface area contributed by atoms with Gasteiger partial charge in [-0.05, 0) is 65.2 Å². The first-order chi connectivity index (χ1) is 9.16. The van der Waals surface area contributed by atoms with E-state index in [1.165, 1.54) is 32.5 Å². The van der Waals surface area contributed by atoms with Crippen LogP contribution in [-0.4, -0.2) is 37.0 Å². The predicted octanol–water partition coefficient (Wildman–Crippen LogP) is 2.50. The third kappa shape index (κ3) is 4.10. The number of amides is 1. The molecule has 106 valence electrons. The number of unbranched alkanes of at least 4 members (excludes halogenated alkanes) is 1. The lowest BCUT2D eigenvalue weighted by Crippen LogP contribution is -2.26. The van der Waals surface area contributed by atoms with Crippen molar-refractivity contribution in [3.63, 3.8) is 0 Å². The lowest BCUT2D eigenvalue weighted by Gasteiger charge is -2.13. The maximum absolute atomic E-state index is 11.9. The van der Waals surface area contributed by atoms with Gasteiger partial charge in [0, 0.05) is 6.54 Å². The van der Waals surface area contributed by atoms with Gasteiger partial charge in [0.2, 0.25) is 0 Å². The normalized spacial score (nSPS) is 15.9. The van der Waals surface area contributed by atoms with Crippen LogP contribution in [0.4, 0.5) is 0 Å². The van der Waals surface area contributed by atoms with Gasteiger partial charge < -0.3 is 14.6 Å². The zero-order valence-corrected chi connectivity index (χ0v) is 12.0. The summed E-state index contributed by atoms with van der Waals surface area (Å²) in [5.74, 6) is 1.47. The quantitative estimate of drug-likeness (QED) is 0.803. The van der Waals surface area contributed by atoms with Gasteiger partial charge in [-0.2, -0.15) is 0 Å². The third-order valence-corrected chi connectivity index (χ3v) is 3.67. The maximum atomic E-state index is 11.9. The molecule has 2 heterocycles. The molecular weight excluding hydrogens is 240 g/mol. The highest BCUT2D eigenvalue weighted by molar-refractivity contribution is 5.95. The number of nitrogens with zero attached hydrogens (tertiary/aromatic N) is 1. The van der Waals surface area contributed by atoms with Crippen LogP contribution in [-0.2, 0) is 0 Å². The van der Waals surface area contributed by atoms with E-state index in [4.69, 9.17) is 4.42 Å². The van der Waals surface area contributed by atoms with Crippen LogP contribution in [0.25, 0.3) is 0 Å². The fourth-order valence-electron chi connectivity index (χ4n) is 2.62. The number of rotatable bonds is 6. The SMILES string of the molecule is Cc1cc(C(=O)NCCCCN2CCCC2)c(C)o1. The fourth-order valence-corrected chi connectivity index (χ4v) is 2.62. The number of nitrogens with one attached hydrogen (secondary N) is 1. The van der Waals surface area contributed by atoms with E-state index in [-0.39, 0.29) is 5.91 Å². The van der Waals surface area contributed by atoms with Crippen LogP contribution in [0.5, 0.6) is 0 Å². The summed E-state index contributed by atoms with van der Waals surface area (Å²) >= 11 is 0. The topological polar surface area (TPSA) is 45.5 Å². The second-order valence-corrected chi connectivity index (χ2v) is 5.34. The molecule has 0 spiro atoms. The number of aryl methyl sites for hydroxylation is 2. The Balaban J connectivity index is 1.62. The van der Waals surface area contributed by atoms with Gasteiger partial charge in [-0.3, -0.25) is 4.79 Å². The molecule has 0 aliphatic carbocycles. The minimum absolute atomic E-state index is 0.0180. The van der Waals surface area contributed by atoms with Crippen molar-refractivity contribution >= 4 is 5.91 Å². The van der Waals surface area contributed by atoms with Crippen LogP contribution >= 0.6 is 0 Å². The van der Waals surface area contributed by atoms with Crippen molar-refractivity contribution in [2.24, 2.45) is 0 Å². The van der Waals surface area contributed by atoms with Gasteiger partial charge in [-0.1, -0.05) is 0 Å². The largest absolute Gasteiger partial charge is 0.466 e. The van der Waals surface area contributed by atoms with Crippen LogP contribution in [0.2, 0.25) is 0 Å². The number of likely N-dealkylation sites (tertiary alicyclic amines) is 1. The maximum Gasteiger partial charge on any atom is 0.254 e. The Morgan fingerprint density at radius 2 is 2.05 bits per heavy atom. The second kappa shape index (κ2) is 6.75. The van der Waals surface area contributed by atoms with Crippen molar-refractivity contribution in [3.05, 3.63) is 23.2 Å². The molecule has 0 atom stereocenters. The molecule has 4 heteroatoms. The smallest absolute Gasteiger partial charge is 0.254 e. The highest BCUT2D eigenvalue weighted by atomic mass is 16.3. The first kappa shape index (κ1) is 14.1. The second-order valence-electron chi connectivity index (χ2n) is 5.34. The Morgan fingerprint density at radius 1 is 1.32 bits per heavy atom. The lowest BCUT2D eigenvalue weighted by molar-refractivity contribution is 0.0951. The zero-order valence-electron chi connectivity index (χ0n) is 12.0. The molecule has 1 fully saturated rings. The standard InChI is InChI=1S/C15H24N2O2/c1-12-11-14(13(2)19-12)15(18)16-7-3-4-8-17-9-5-6-10-17/h11H,3-10H2,1-2H3,(H,16,18). The number of carbonyl (C=O) groups is 1. The molecule has 1 aliphatic heterocycles. The number of carbonyl (C=O) groups excluding carboxylic acids is 1. The van der Waals surface area contributed by atoms with Gasteiger partial charge in [0.05, 0.1) is 5.56 Å². The average molecular weight is 264 g/mol. The Morgan fingerprint density at radius 3 is 2.68 bits per heavy atom. The Bertz CT molecular complexity index is 420. The molecule has 0 radical (unpaired) electrons. The Kier molecular flexibility index (Phi) is 5.02. The molecule has 0 bridgehead atoms. The Labute approximate surface area is 115 Å². The zero-order chi connectivity index (χ0) is 13.7. The van der Waals surface area contributed by atoms with E-state index in [0.29, 0.717) is 11.3 Å². The summed E-state index contributed by atoms with van der Waals surface area (Å²) in [5.41, 5.74) is 0.664. The molecule has 4 nitrogen and oxygen atoms in total. The number of hydrogen-bond acceptors (Lipinski definition) is 3. The van der Waals surface area contributed by atoms with Crippen LogP contribution in [0.15, 0.2) is 10.5 Å². The molecule has 1 aromatic heterocycles. The van der Waals surface area contributed by atoms with E-state index in [0.717, 1.165) is 25.1 Å². The molecule has 0 unspecified atom stereocenters. The van der Waals surface area contributed by atoms with Crippen molar-refractivity contribution in [2.75, 3.05) is 26.2 Å². The summed E-state index contributed by atoms with van der Waals surface area (Å²) in [6.45, 7) is 8.10. The van der Waals surface area contributed by atoms with Gasteiger partial charge in [0.15, 0.2) is 0 Å². The highest BCUT2D eigenvalue weighted by Crippen LogP contribution is 2.13. The van der Waals surface area contributed by atoms with E-state index in [9.17, 15) is 4.79 Å². The molecule has 0 aromatic carbocycles. The van der Waals surface area contributed by atoms with E-state index in [1.807, 2.05) is 13.8 Å². The summed E-state index contributed by atoms with van der Waals surface area (Å²) in [5, 5.41) is 2.96. The van der Waals surface area contributed by atoms with Gasteiger partial charge in [-0.25, -0.2) is 0 Å². The van der Waals surface area contributed by atoms with Crippen LogP contribution in [0, 0.1) is 13.8 Å². The van der Waals surface area contributed by atoms with E-state index in [1.54, 1.807) is 6.07 Å². The first-order valence-electron chi connectivity index (χ1n) is 7.24. The lowest BCUT2D eigenvalue weighted by atomic mass is 10.2. The summed E-state index contributed by atoms with van der Waals surface area (Å²) in [7, 11) is 0. The highest BCUT2D eigenvalue weighted by Gasteiger charge is 2.13.